The predicted molar refractivity (Wildman–Crippen MR) is 159 cm³/mol. The molecule has 1 atom stereocenters. The lowest BCUT2D eigenvalue weighted by Crippen LogP contribution is -2.46. The van der Waals surface area contributed by atoms with Crippen molar-refractivity contribution in [1.82, 2.24) is 9.55 Å². The first-order chi connectivity index (χ1) is 20.5. The van der Waals surface area contributed by atoms with Gasteiger partial charge < -0.3 is 39.4 Å². The molecular formula is C30H39N5O7. The standard InChI is InChI=1S/C30H39N5O7/c31-9-12-40-14-16-42-17-15-41-13-11-35(25-7-8-28(36)34(21-25)22-29(37)38)30(39)24-5-3-10-33(20-24)27-19-32-18-23-4-1-2-6-26(23)27/h1-2,4,6-8,18-19,21,24H,3,5,9-17,20,22,31H2,(H,37,38). The van der Waals surface area contributed by atoms with Crippen LogP contribution in [0.15, 0.2) is 59.8 Å². The Hall–Kier alpha value is -3.84. The molecule has 1 fully saturated rings. The Balaban J connectivity index is 1.45. The third-order valence-corrected chi connectivity index (χ3v) is 7.08. The number of pyridine rings is 2. The molecular weight excluding hydrogens is 542 g/mol. The molecule has 3 heterocycles. The van der Waals surface area contributed by atoms with E-state index in [4.69, 9.17) is 19.9 Å². The SMILES string of the molecule is NCCOCCOCCOCCN(C(=O)C1CCCN(c2cncc3ccccc23)C1)c1ccc(=O)n(CC(=O)O)c1. The molecule has 226 valence electrons. The van der Waals surface area contributed by atoms with Gasteiger partial charge in [0.15, 0.2) is 0 Å². The topological polar surface area (TPSA) is 149 Å². The van der Waals surface area contributed by atoms with Gasteiger partial charge in [-0.05, 0) is 18.9 Å². The van der Waals surface area contributed by atoms with Crippen LogP contribution in [0.4, 0.5) is 11.4 Å². The maximum absolute atomic E-state index is 14.0. The molecule has 1 aliphatic heterocycles. The van der Waals surface area contributed by atoms with Gasteiger partial charge in [0.25, 0.3) is 5.56 Å². The van der Waals surface area contributed by atoms with Crippen molar-refractivity contribution in [3.8, 4) is 0 Å². The van der Waals surface area contributed by atoms with Gasteiger partial charge in [-0.1, -0.05) is 24.3 Å². The quantitative estimate of drug-likeness (QED) is 0.240. The van der Waals surface area contributed by atoms with Crippen molar-refractivity contribution in [2.75, 3.05) is 75.6 Å². The molecule has 42 heavy (non-hydrogen) atoms. The molecule has 1 aromatic carbocycles. The Bertz CT molecular complexity index is 1380. The Morgan fingerprint density at radius 3 is 2.50 bits per heavy atom. The summed E-state index contributed by atoms with van der Waals surface area (Å²) in [4.78, 5) is 45.8. The highest BCUT2D eigenvalue weighted by Crippen LogP contribution is 2.30. The summed E-state index contributed by atoms with van der Waals surface area (Å²) in [5.74, 6) is -1.56. The predicted octanol–water partition coefficient (Wildman–Crippen LogP) is 1.74. The molecule has 0 aliphatic carbocycles. The molecule has 0 bridgehead atoms. The van der Waals surface area contributed by atoms with Crippen molar-refractivity contribution < 1.29 is 28.9 Å². The third-order valence-electron chi connectivity index (χ3n) is 7.08. The number of amides is 1. The fourth-order valence-corrected chi connectivity index (χ4v) is 5.07. The lowest BCUT2D eigenvalue weighted by Gasteiger charge is -2.36. The summed E-state index contributed by atoms with van der Waals surface area (Å²) in [5.41, 5.74) is 6.37. The summed E-state index contributed by atoms with van der Waals surface area (Å²) < 4.78 is 17.6. The average molecular weight is 582 g/mol. The Morgan fingerprint density at radius 2 is 1.74 bits per heavy atom. The Labute approximate surface area is 244 Å². The number of nitrogens with two attached hydrogens (primary N) is 1. The highest BCUT2D eigenvalue weighted by Gasteiger charge is 2.31. The number of nitrogens with zero attached hydrogens (tertiary/aromatic N) is 4. The van der Waals surface area contributed by atoms with Gasteiger partial charge in [-0.25, -0.2) is 0 Å². The zero-order valence-electron chi connectivity index (χ0n) is 23.7. The molecule has 2 aromatic heterocycles. The third kappa shape index (κ3) is 8.58. The van der Waals surface area contributed by atoms with E-state index in [0.29, 0.717) is 58.2 Å². The molecule has 3 aromatic rings. The highest BCUT2D eigenvalue weighted by molar-refractivity contribution is 5.96. The van der Waals surface area contributed by atoms with E-state index in [1.165, 1.54) is 12.3 Å². The number of anilines is 2. The number of carbonyl (C=O) groups excluding carboxylic acids is 1. The van der Waals surface area contributed by atoms with Crippen molar-refractivity contribution in [2.45, 2.75) is 19.4 Å². The molecule has 12 heteroatoms. The van der Waals surface area contributed by atoms with Gasteiger partial charge in [-0.3, -0.25) is 19.4 Å². The largest absolute Gasteiger partial charge is 0.480 e. The number of aliphatic carboxylic acids is 1. The summed E-state index contributed by atoms with van der Waals surface area (Å²) in [5, 5.41) is 11.4. The highest BCUT2D eigenvalue weighted by atomic mass is 16.5. The summed E-state index contributed by atoms with van der Waals surface area (Å²) in [7, 11) is 0. The molecule has 1 unspecified atom stereocenters. The number of hydrogen-bond acceptors (Lipinski definition) is 9. The zero-order chi connectivity index (χ0) is 29.7. The summed E-state index contributed by atoms with van der Waals surface area (Å²) in [6.45, 7) is 3.85. The van der Waals surface area contributed by atoms with Crippen molar-refractivity contribution >= 4 is 34.0 Å². The lowest BCUT2D eigenvalue weighted by atomic mass is 9.95. The van der Waals surface area contributed by atoms with E-state index >= 15 is 0 Å². The monoisotopic (exact) mass is 581 g/mol. The lowest BCUT2D eigenvalue weighted by molar-refractivity contribution is -0.137. The molecule has 12 nitrogen and oxygen atoms in total. The average Bonchev–Trinajstić information content (AvgIpc) is 3.00. The zero-order valence-corrected chi connectivity index (χ0v) is 23.7. The first-order valence-corrected chi connectivity index (χ1v) is 14.2. The van der Waals surface area contributed by atoms with Gasteiger partial charge in [0.2, 0.25) is 5.91 Å². The number of rotatable bonds is 16. The van der Waals surface area contributed by atoms with Gasteiger partial charge in [0.05, 0.1) is 63.1 Å². The number of benzene rings is 1. The van der Waals surface area contributed by atoms with E-state index < -0.39 is 18.1 Å². The second-order valence-corrected chi connectivity index (χ2v) is 10.0. The van der Waals surface area contributed by atoms with Gasteiger partial charge in [0, 0.05) is 55.4 Å². The molecule has 0 radical (unpaired) electrons. The van der Waals surface area contributed by atoms with E-state index in [9.17, 15) is 19.5 Å². The van der Waals surface area contributed by atoms with E-state index in [0.717, 1.165) is 34.0 Å². The van der Waals surface area contributed by atoms with Crippen LogP contribution in [0.25, 0.3) is 10.8 Å². The van der Waals surface area contributed by atoms with Crippen LogP contribution in [-0.2, 0) is 30.3 Å². The van der Waals surface area contributed by atoms with Gasteiger partial charge in [-0.2, -0.15) is 0 Å². The normalized spacial score (nSPS) is 15.2. The van der Waals surface area contributed by atoms with Gasteiger partial charge >= 0.3 is 5.97 Å². The van der Waals surface area contributed by atoms with E-state index in [1.54, 1.807) is 11.0 Å². The van der Waals surface area contributed by atoms with E-state index in [-0.39, 0.29) is 25.0 Å². The molecule has 1 saturated heterocycles. The van der Waals surface area contributed by atoms with E-state index in [2.05, 4.69) is 16.0 Å². The van der Waals surface area contributed by atoms with Crippen molar-refractivity contribution in [3.05, 3.63) is 65.3 Å². The summed E-state index contributed by atoms with van der Waals surface area (Å²) >= 11 is 0. The van der Waals surface area contributed by atoms with Crippen LogP contribution in [0.5, 0.6) is 0 Å². The molecule has 1 amide bonds. The maximum Gasteiger partial charge on any atom is 0.323 e. The van der Waals surface area contributed by atoms with Gasteiger partial charge in [0.1, 0.15) is 6.54 Å². The first-order valence-electron chi connectivity index (χ1n) is 14.2. The van der Waals surface area contributed by atoms with Crippen LogP contribution < -0.4 is 21.1 Å². The summed E-state index contributed by atoms with van der Waals surface area (Å²) in [6, 6.07) is 10.9. The number of carboxylic acid groups (broad SMARTS) is 1. The number of carbonyl (C=O) groups is 2. The molecule has 0 saturated carbocycles. The number of hydrogen-bond donors (Lipinski definition) is 2. The molecule has 0 spiro atoms. The second kappa shape index (κ2) is 16.0. The Morgan fingerprint density at radius 1 is 1.00 bits per heavy atom. The number of ether oxygens (including phenoxy) is 3. The number of carboxylic acids is 1. The molecule has 3 N–H and O–H groups in total. The van der Waals surface area contributed by atoms with Crippen LogP contribution in [0.3, 0.4) is 0 Å². The fraction of sp³-hybridized carbons (Fsp3) is 0.467. The van der Waals surface area contributed by atoms with Crippen LogP contribution in [0.2, 0.25) is 0 Å². The van der Waals surface area contributed by atoms with Gasteiger partial charge in [-0.15, -0.1) is 0 Å². The van der Waals surface area contributed by atoms with Crippen molar-refractivity contribution in [3.63, 3.8) is 0 Å². The number of piperidine rings is 1. The van der Waals surface area contributed by atoms with Crippen LogP contribution in [0.1, 0.15) is 12.8 Å². The molecule has 4 rings (SSSR count). The van der Waals surface area contributed by atoms with Crippen molar-refractivity contribution in [2.24, 2.45) is 11.7 Å². The number of aromatic nitrogens is 2. The number of fused-ring (bicyclic) bond motifs is 1. The first kappa shape index (κ1) is 31.1. The minimum atomic E-state index is -1.14. The van der Waals surface area contributed by atoms with Crippen LogP contribution in [-0.4, -0.2) is 92.4 Å². The maximum atomic E-state index is 14.0. The Kier molecular flexibility index (Phi) is 11.8. The molecule has 1 aliphatic rings. The van der Waals surface area contributed by atoms with Crippen LogP contribution >= 0.6 is 0 Å². The minimum Gasteiger partial charge on any atom is -0.480 e. The van der Waals surface area contributed by atoms with E-state index in [1.807, 2.05) is 30.6 Å². The minimum absolute atomic E-state index is 0.106. The summed E-state index contributed by atoms with van der Waals surface area (Å²) in [6.07, 6.45) is 6.64. The fourth-order valence-electron chi connectivity index (χ4n) is 5.07. The van der Waals surface area contributed by atoms with Crippen molar-refractivity contribution in [1.29, 1.82) is 0 Å². The second-order valence-electron chi connectivity index (χ2n) is 10.0. The van der Waals surface area contributed by atoms with Crippen LogP contribution in [0, 0.1) is 5.92 Å². The smallest absolute Gasteiger partial charge is 0.323 e.